The van der Waals surface area contributed by atoms with Crippen molar-refractivity contribution < 1.29 is 32.3 Å². The lowest BCUT2D eigenvalue weighted by Gasteiger charge is -2.34. The van der Waals surface area contributed by atoms with Crippen LogP contribution in [-0.4, -0.2) is 44.6 Å². The molecule has 34 heavy (non-hydrogen) atoms. The molecule has 1 aliphatic heterocycles. The van der Waals surface area contributed by atoms with Crippen LogP contribution in [0.1, 0.15) is 25.8 Å². The number of benzene rings is 2. The second-order valence-corrected chi connectivity index (χ2v) is 9.53. The average Bonchev–Trinajstić information content (AvgIpc) is 2.75. The number of rotatable bonds is 8. The van der Waals surface area contributed by atoms with Gasteiger partial charge in [-0.1, -0.05) is 17.7 Å². The molecule has 0 saturated heterocycles. The molecule has 0 radical (unpaired) electrons. The summed E-state index contributed by atoms with van der Waals surface area (Å²) < 4.78 is 38.5. The summed E-state index contributed by atoms with van der Waals surface area (Å²) in [4.78, 5) is 37.8. The summed E-state index contributed by atoms with van der Waals surface area (Å²) in [7, 11) is -4.13. The molecule has 1 heterocycles. The summed E-state index contributed by atoms with van der Waals surface area (Å²) in [5.74, 6) is -2.34. The molecule has 0 fully saturated rings. The van der Waals surface area contributed by atoms with Crippen LogP contribution in [-0.2, 0) is 29.1 Å². The number of anilines is 2. The van der Waals surface area contributed by atoms with Gasteiger partial charge in [0.2, 0.25) is 10.0 Å². The molecule has 2 aromatic rings. The highest BCUT2D eigenvalue weighted by molar-refractivity contribution is 7.89. The molecule has 2 aromatic carbocycles. The molecule has 5 N–H and O–H groups in total. The van der Waals surface area contributed by atoms with E-state index in [1.54, 1.807) is 32.0 Å². The maximum atomic E-state index is 13.1. The number of carbonyl (C=O) groups excluding carboxylic acids is 3. The molecule has 2 amide bonds. The number of hydrogen-bond acceptors (Lipinski definition) is 8. The Hall–Kier alpha value is -3.64. The topological polar surface area (TPSA) is 166 Å². The van der Waals surface area contributed by atoms with Crippen LogP contribution in [0.5, 0.6) is 5.75 Å². The smallest absolute Gasteiger partial charge is 0.309 e. The van der Waals surface area contributed by atoms with Gasteiger partial charge in [-0.3, -0.25) is 14.4 Å². The third-order valence-electron chi connectivity index (χ3n) is 5.04. The standard InChI is InChI=1S/C22H26N4O7S/c1-4-32-19(27)12-18(26-34(30,31)15-8-5-13(2)6-9-15)25-21(29)22(3)20(28)24-16-10-7-14(23)11-17(16)33-22/h5-11,18,26H,4,12,23H2,1-3H3,(H,24,28)(H,25,29). The molecule has 182 valence electrons. The maximum absolute atomic E-state index is 13.1. The van der Waals surface area contributed by atoms with Crippen molar-refractivity contribution in [3.05, 3.63) is 48.0 Å². The van der Waals surface area contributed by atoms with E-state index < -0.39 is 46.0 Å². The quantitative estimate of drug-likeness (QED) is 0.184. The fourth-order valence-corrected chi connectivity index (χ4v) is 4.31. The number of nitrogens with two attached hydrogens (primary N) is 1. The Kier molecular flexibility index (Phi) is 7.12. The number of aryl methyl sites for hydroxylation is 1. The summed E-state index contributed by atoms with van der Waals surface area (Å²) in [5.41, 5.74) is 5.22. The number of fused-ring (bicyclic) bond motifs is 1. The molecule has 2 unspecified atom stereocenters. The Labute approximate surface area is 197 Å². The lowest BCUT2D eigenvalue weighted by molar-refractivity contribution is -0.147. The molecule has 0 saturated carbocycles. The molecule has 11 nitrogen and oxygen atoms in total. The van der Waals surface area contributed by atoms with Crippen molar-refractivity contribution in [3.63, 3.8) is 0 Å². The van der Waals surface area contributed by atoms with Gasteiger partial charge in [0.05, 0.1) is 23.6 Å². The Morgan fingerprint density at radius 1 is 1.21 bits per heavy atom. The van der Waals surface area contributed by atoms with E-state index in [0.717, 1.165) is 5.56 Å². The lowest BCUT2D eigenvalue weighted by atomic mass is 10.0. The van der Waals surface area contributed by atoms with Gasteiger partial charge in [0.25, 0.3) is 17.4 Å². The van der Waals surface area contributed by atoms with Crippen molar-refractivity contribution >= 4 is 39.2 Å². The van der Waals surface area contributed by atoms with E-state index in [-0.39, 0.29) is 17.3 Å². The van der Waals surface area contributed by atoms with Crippen LogP contribution in [0.25, 0.3) is 0 Å². The number of nitrogen functional groups attached to an aromatic ring is 1. The molecule has 3 rings (SSSR count). The van der Waals surface area contributed by atoms with Gasteiger partial charge in [-0.05, 0) is 45.0 Å². The van der Waals surface area contributed by atoms with E-state index in [0.29, 0.717) is 11.4 Å². The zero-order valence-corrected chi connectivity index (χ0v) is 19.7. The Bertz CT molecular complexity index is 1210. The molecule has 0 aromatic heterocycles. The SMILES string of the molecule is CCOC(=O)CC(NC(=O)C1(C)Oc2cc(N)ccc2NC1=O)NS(=O)(=O)c1ccc(C)cc1. The summed E-state index contributed by atoms with van der Waals surface area (Å²) in [6.45, 7) is 4.67. The summed E-state index contributed by atoms with van der Waals surface area (Å²) in [6, 6.07) is 10.5. The largest absolute Gasteiger partial charge is 0.466 e. The van der Waals surface area contributed by atoms with Crippen molar-refractivity contribution in [1.29, 1.82) is 0 Å². The Morgan fingerprint density at radius 2 is 1.88 bits per heavy atom. The second-order valence-electron chi connectivity index (χ2n) is 7.81. The predicted octanol–water partition coefficient (Wildman–Crippen LogP) is 1.04. The molecule has 1 aliphatic rings. The summed E-state index contributed by atoms with van der Waals surface area (Å²) in [5, 5.41) is 4.94. The number of carbonyl (C=O) groups is 3. The van der Waals surface area contributed by atoms with Crippen molar-refractivity contribution in [1.82, 2.24) is 10.0 Å². The molecular weight excluding hydrogens is 464 g/mol. The van der Waals surface area contributed by atoms with Crippen LogP contribution in [0.2, 0.25) is 0 Å². The minimum absolute atomic E-state index is 0.0612. The van der Waals surface area contributed by atoms with Gasteiger partial charge in [0.1, 0.15) is 11.9 Å². The minimum Gasteiger partial charge on any atom is -0.466 e. The van der Waals surface area contributed by atoms with E-state index in [1.165, 1.54) is 31.2 Å². The van der Waals surface area contributed by atoms with Crippen LogP contribution in [0.3, 0.4) is 0 Å². The predicted molar refractivity (Wildman–Crippen MR) is 123 cm³/mol. The number of hydrogen-bond donors (Lipinski definition) is 4. The number of ether oxygens (including phenoxy) is 2. The Morgan fingerprint density at radius 3 is 2.53 bits per heavy atom. The van der Waals surface area contributed by atoms with Crippen molar-refractivity contribution in [3.8, 4) is 5.75 Å². The number of esters is 1. The number of amides is 2. The average molecular weight is 491 g/mol. The molecule has 0 spiro atoms. The van der Waals surface area contributed by atoms with Crippen LogP contribution in [0.4, 0.5) is 11.4 Å². The van der Waals surface area contributed by atoms with E-state index in [9.17, 15) is 22.8 Å². The fourth-order valence-electron chi connectivity index (χ4n) is 3.16. The van der Waals surface area contributed by atoms with Crippen LogP contribution in [0, 0.1) is 6.92 Å². The van der Waals surface area contributed by atoms with Crippen molar-refractivity contribution in [2.24, 2.45) is 0 Å². The third kappa shape index (κ3) is 5.46. The van der Waals surface area contributed by atoms with Crippen molar-refractivity contribution in [2.45, 2.75) is 43.9 Å². The molecule has 2 atom stereocenters. The second kappa shape index (κ2) is 9.69. The minimum atomic E-state index is -4.13. The summed E-state index contributed by atoms with van der Waals surface area (Å²) in [6.07, 6.45) is -1.94. The van der Waals surface area contributed by atoms with Crippen LogP contribution < -0.4 is 25.8 Å². The van der Waals surface area contributed by atoms with Crippen LogP contribution in [0.15, 0.2) is 47.4 Å². The van der Waals surface area contributed by atoms with E-state index in [1.807, 2.05) is 0 Å². The first-order valence-corrected chi connectivity index (χ1v) is 11.9. The zero-order chi connectivity index (χ0) is 25.1. The first-order chi connectivity index (χ1) is 15.9. The fraction of sp³-hybridized carbons (Fsp3) is 0.318. The maximum Gasteiger partial charge on any atom is 0.309 e. The molecule has 0 aliphatic carbocycles. The first kappa shape index (κ1) is 25.0. The third-order valence-corrected chi connectivity index (χ3v) is 6.53. The highest BCUT2D eigenvalue weighted by Gasteiger charge is 2.48. The van der Waals surface area contributed by atoms with Gasteiger partial charge in [0.15, 0.2) is 0 Å². The highest BCUT2D eigenvalue weighted by Crippen LogP contribution is 2.35. The summed E-state index contributed by atoms with van der Waals surface area (Å²) >= 11 is 0. The van der Waals surface area contributed by atoms with E-state index >= 15 is 0 Å². The lowest BCUT2D eigenvalue weighted by Crippen LogP contribution is -2.62. The molecular formula is C22H26N4O7S. The van der Waals surface area contributed by atoms with Gasteiger partial charge in [-0.25, -0.2) is 8.42 Å². The zero-order valence-electron chi connectivity index (χ0n) is 18.9. The monoisotopic (exact) mass is 490 g/mol. The van der Waals surface area contributed by atoms with Crippen LogP contribution >= 0.6 is 0 Å². The van der Waals surface area contributed by atoms with Gasteiger partial charge in [-0.15, -0.1) is 0 Å². The highest BCUT2D eigenvalue weighted by atomic mass is 32.2. The van der Waals surface area contributed by atoms with E-state index in [4.69, 9.17) is 15.2 Å². The molecule has 12 heteroatoms. The number of sulfonamides is 1. The van der Waals surface area contributed by atoms with E-state index in [2.05, 4.69) is 15.4 Å². The van der Waals surface area contributed by atoms with Crippen molar-refractivity contribution in [2.75, 3.05) is 17.7 Å². The normalized spacial score (nSPS) is 18.1. The molecule has 0 bridgehead atoms. The van der Waals surface area contributed by atoms with Gasteiger partial charge in [-0.2, -0.15) is 4.72 Å². The number of nitrogens with one attached hydrogen (secondary N) is 3. The Balaban J connectivity index is 1.85. The first-order valence-electron chi connectivity index (χ1n) is 10.4. The van der Waals surface area contributed by atoms with Gasteiger partial charge >= 0.3 is 5.97 Å². The van der Waals surface area contributed by atoms with Gasteiger partial charge < -0.3 is 25.8 Å². The van der Waals surface area contributed by atoms with Gasteiger partial charge in [0, 0.05) is 11.8 Å².